The van der Waals surface area contributed by atoms with E-state index in [1.807, 2.05) is 67.6 Å². The summed E-state index contributed by atoms with van der Waals surface area (Å²) in [5, 5.41) is 11.1. The summed E-state index contributed by atoms with van der Waals surface area (Å²) in [4.78, 5) is 15.0. The number of amides is 1. The Bertz CT molecular complexity index is 970. The van der Waals surface area contributed by atoms with Crippen molar-refractivity contribution in [3.8, 4) is 0 Å². The summed E-state index contributed by atoms with van der Waals surface area (Å²) in [6.07, 6.45) is 0.667. The van der Waals surface area contributed by atoms with Gasteiger partial charge < -0.3 is 18.9 Å². The Morgan fingerprint density at radius 3 is 2.22 bits per heavy atom. The number of aliphatic hydroxyl groups excluding tert-OH is 1. The third-order valence-electron chi connectivity index (χ3n) is 5.61. The minimum absolute atomic E-state index is 0.0727. The van der Waals surface area contributed by atoms with E-state index in [0.717, 1.165) is 11.1 Å². The van der Waals surface area contributed by atoms with Crippen LogP contribution in [0.2, 0.25) is 0 Å². The van der Waals surface area contributed by atoms with E-state index in [-0.39, 0.29) is 24.1 Å². The first-order chi connectivity index (χ1) is 15.4. The number of carbonyl (C=O) groups excluding carboxylic acids is 1. The summed E-state index contributed by atoms with van der Waals surface area (Å²) in [5.74, 6) is -0.0727. The van der Waals surface area contributed by atoms with E-state index in [0.29, 0.717) is 12.8 Å². The van der Waals surface area contributed by atoms with Gasteiger partial charge in [0.2, 0.25) is 0 Å². The Morgan fingerprint density at radius 2 is 1.66 bits per heavy atom. The van der Waals surface area contributed by atoms with E-state index in [9.17, 15) is 14.5 Å². The summed E-state index contributed by atoms with van der Waals surface area (Å²) >= 11 is 0. The third kappa shape index (κ3) is 5.07. The van der Waals surface area contributed by atoms with E-state index in [1.54, 1.807) is 4.90 Å². The molecule has 0 spiro atoms. The van der Waals surface area contributed by atoms with E-state index in [4.69, 9.17) is 13.8 Å². The maximum Gasteiger partial charge on any atom is 0.411 e. The fourth-order valence-corrected chi connectivity index (χ4v) is 5.66. The molecular weight excluding hydrogens is 429 g/mol. The number of benzene rings is 2. The molecule has 1 heterocycles. The number of carbonyl (C=O) groups is 1. The van der Waals surface area contributed by atoms with Gasteiger partial charge in [0.15, 0.2) is 0 Å². The highest BCUT2D eigenvalue weighted by Gasteiger charge is 2.47. The average molecular weight is 459 g/mol. The molecule has 0 saturated heterocycles. The number of nitrogens with zero attached hydrogens (tertiary/aromatic N) is 1. The van der Waals surface area contributed by atoms with Gasteiger partial charge in [0.1, 0.15) is 17.7 Å². The van der Waals surface area contributed by atoms with Crippen molar-refractivity contribution in [2.75, 3.05) is 14.2 Å². The van der Waals surface area contributed by atoms with E-state index in [2.05, 4.69) is 0 Å². The van der Waals surface area contributed by atoms with Crippen LogP contribution in [0.15, 0.2) is 71.7 Å². The summed E-state index contributed by atoms with van der Waals surface area (Å²) in [6, 6.07) is 17.7. The molecule has 1 aliphatic rings. The highest BCUT2D eigenvalue weighted by molar-refractivity contribution is 7.58. The Kier molecular flexibility index (Phi) is 8.13. The molecule has 0 aliphatic carbocycles. The van der Waals surface area contributed by atoms with Gasteiger partial charge in [-0.1, -0.05) is 74.0 Å². The predicted octanol–water partition coefficient (Wildman–Crippen LogP) is 6.19. The lowest BCUT2D eigenvalue weighted by molar-refractivity contribution is 0.0554. The molecule has 7 nitrogen and oxygen atoms in total. The van der Waals surface area contributed by atoms with E-state index < -0.39 is 25.8 Å². The average Bonchev–Trinajstić information content (AvgIpc) is 2.83. The molecule has 172 valence electrons. The topological polar surface area (TPSA) is 85.3 Å². The van der Waals surface area contributed by atoms with Crippen molar-refractivity contribution in [1.29, 1.82) is 0 Å². The van der Waals surface area contributed by atoms with Gasteiger partial charge in [-0.05, 0) is 17.5 Å². The smallest absolute Gasteiger partial charge is 0.411 e. The molecule has 0 bridgehead atoms. The zero-order valence-corrected chi connectivity index (χ0v) is 19.5. The Hall–Kier alpha value is -2.60. The first kappa shape index (κ1) is 24.1. The van der Waals surface area contributed by atoms with Crippen molar-refractivity contribution in [3.63, 3.8) is 0 Å². The maximum atomic E-state index is 13.4. The Morgan fingerprint density at radius 1 is 1.06 bits per heavy atom. The first-order valence-corrected chi connectivity index (χ1v) is 12.2. The van der Waals surface area contributed by atoms with Gasteiger partial charge >= 0.3 is 13.7 Å². The van der Waals surface area contributed by atoms with Gasteiger partial charge in [-0.15, -0.1) is 0 Å². The van der Waals surface area contributed by atoms with Crippen molar-refractivity contribution in [1.82, 2.24) is 4.90 Å². The van der Waals surface area contributed by atoms with Gasteiger partial charge in [0.05, 0.1) is 12.1 Å². The van der Waals surface area contributed by atoms with Gasteiger partial charge in [-0.25, -0.2) is 4.79 Å². The Labute approximate surface area is 189 Å². The van der Waals surface area contributed by atoms with Crippen LogP contribution >= 0.6 is 7.60 Å². The molecule has 0 radical (unpaired) electrons. The molecule has 2 aromatic carbocycles. The fourth-order valence-electron chi connectivity index (χ4n) is 4.09. The second-order valence-electron chi connectivity index (χ2n) is 7.58. The SMILES string of the molecule is CCC[C@@H]1C(P(=O)(OC)OC)=C(O)C[C@H](c2ccccc2)N1C(=O)OCc1ccccc1. The molecule has 1 aliphatic heterocycles. The molecule has 32 heavy (non-hydrogen) atoms. The number of hydrogen-bond donors (Lipinski definition) is 1. The standard InChI is InChI=1S/C24H30NO6P/c1-4-11-20-23(32(28,29-2)30-3)22(26)16-21(19-14-9-6-10-15-19)25(20)24(27)31-17-18-12-7-5-8-13-18/h5-10,12-15,20-21,26H,4,11,16-17H2,1-3H3/t20-,21-/m1/s1. The molecule has 2 aromatic rings. The fraction of sp³-hybridized carbons (Fsp3) is 0.375. The van der Waals surface area contributed by atoms with Crippen LogP contribution in [0.3, 0.4) is 0 Å². The van der Waals surface area contributed by atoms with Crippen LogP contribution in [-0.4, -0.2) is 36.4 Å². The van der Waals surface area contributed by atoms with E-state index in [1.165, 1.54) is 14.2 Å². The van der Waals surface area contributed by atoms with Crippen molar-refractivity contribution >= 4 is 13.7 Å². The molecule has 0 unspecified atom stereocenters. The van der Waals surface area contributed by atoms with Gasteiger partial charge in [0.25, 0.3) is 0 Å². The second kappa shape index (κ2) is 10.8. The van der Waals surface area contributed by atoms with Gasteiger partial charge in [0, 0.05) is 20.6 Å². The highest BCUT2D eigenvalue weighted by atomic mass is 31.2. The number of hydrogen-bond acceptors (Lipinski definition) is 6. The quantitative estimate of drug-likeness (QED) is 0.474. The Balaban J connectivity index is 2.04. The van der Waals surface area contributed by atoms with Crippen LogP contribution in [0.25, 0.3) is 0 Å². The van der Waals surface area contributed by atoms with Crippen molar-refractivity contribution in [2.45, 2.75) is 44.9 Å². The number of aliphatic hydroxyl groups is 1. The summed E-state index contributed by atoms with van der Waals surface area (Å²) in [5.41, 5.74) is 1.71. The molecule has 8 heteroatoms. The molecule has 3 rings (SSSR count). The minimum Gasteiger partial charge on any atom is -0.512 e. The molecule has 0 saturated carbocycles. The largest absolute Gasteiger partial charge is 0.512 e. The third-order valence-corrected chi connectivity index (χ3v) is 7.72. The monoisotopic (exact) mass is 459 g/mol. The van der Waals surface area contributed by atoms with Crippen LogP contribution < -0.4 is 0 Å². The van der Waals surface area contributed by atoms with Crippen molar-refractivity contribution in [3.05, 3.63) is 82.9 Å². The lowest BCUT2D eigenvalue weighted by Crippen LogP contribution is -2.47. The summed E-state index contributed by atoms with van der Waals surface area (Å²) in [7, 11) is -1.25. The van der Waals surface area contributed by atoms with E-state index >= 15 is 0 Å². The minimum atomic E-state index is -3.79. The van der Waals surface area contributed by atoms with Crippen LogP contribution in [0.1, 0.15) is 43.4 Å². The van der Waals surface area contributed by atoms with Crippen LogP contribution in [-0.2, 0) is 25.0 Å². The molecule has 0 fully saturated rings. The first-order valence-electron chi connectivity index (χ1n) is 10.6. The second-order valence-corrected chi connectivity index (χ2v) is 9.78. The number of rotatable bonds is 8. The maximum absolute atomic E-state index is 13.4. The summed E-state index contributed by atoms with van der Waals surface area (Å²) in [6.45, 7) is 2.06. The van der Waals surface area contributed by atoms with Crippen LogP contribution in [0, 0.1) is 0 Å². The lowest BCUT2D eigenvalue weighted by atomic mass is 9.93. The molecule has 1 N–H and O–H groups in total. The van der Waals surface area contributed by atoms with Crippen molar-refractivity contribution in [2.24, 2.45) is 0 Å². The normalized spacial score (nSPS) is 19.2. The lowest BCUT2D eigenvalue weighted by Gasteiger charge is -2.43. The zero-order valence-electron chi connectivity index (χ0n) is 18.6. The molecular formula is C24H30NO6P. The molecule has 1 amide bonds. The number of ether oxygens (including phenoxy) is 1. The van der Waals surface area contributed by atoms with Crippen LogP contribution in [0.4, 0.5) is 4.79 Å². The summed E-state index contributed by atoms with van der Waals surface area (Å²) < 4.78 is 29.4. The zero-order chi connectivity index (χ0) is 23.1. The van der Waals surface area contributed by atoms with Crippen LogP contribution in [0.5, 0.6) is 0 Å². The van der Waals surface area contributed by atoms with Gasteiger partial charge in [-0.3, -0.25) is 9.46 Å². The van der Waals surface area contributed by atoms with Crippen molar-refractivity contribution < 1.29 is 28.3 Å². The highest BCUT2D eigenvalue weighted by Crippen LogP contribution is 2.61. The molecule has 0 aromatic heterocycles. The predicted molar refractivity (Wildman–Crippen MR) is 122 cm³/mol. The molecule has 2 atom stereocenters. The van der Waals surface area contributed by atoms with Gasteiger partial charge in [-0.2, -0.15) is 0 Å².